The van der Waals surface area contributed by atoms with Gasteiger partial charge >= 0.3 is 6.03 Å². The van der Waals surface area contributed by atoms with Crippen LogP contribution in [0.25, 0.3) is 0 Å². The zero-order valence-corrected chi connectivity index (χ0v) is 13.9. The highest BCUT2D eigenvalue weighted by Crippen LogP contribution is 2.21. The van der Waals surface area contributed by atoms with Crippen LogP contribution in [-0.2, 0) is 0 Å². The predicted molar refractivity (Wildman–Crippen MR) is 92.4 cm³/mol. The molecule has 1 aromatic carbocycles. The topological polar surface area (TPSA) is 104 Å². The molecule has 7 nitrogen and oxygen atoms in total. The molecule has 1 unspecified atom stereocenters. The SMILES string of the molecule is Cc1ccc(C(=O)NC2CC2)cc1NC(=O)NCC(O)c1ccco1. The van der Waals surface area contributed by atoms with Gasteiger partial charge in [0, 0.05) is 17.3 Å². The van der Waals surface area contributed by atoms with E-state index >= 15 is 0 Å². The number of urea groups is 1. The van der Waals surface area contributed by atoms with Crippen molar-refractivity contribution in [2.24, 2.45) is 0 Å². The zero-order valence-electron chi connectivity index (χ0n) is 13.9. The lowest BCUT2D eigenvalue weighted by Crippen LogP contribution is -2.32. The predicted octanol–water partition coefficient (Wildman–Crippen LogP) is 2.34. The maximum absolute atomic E-state index is 12.1. The Bertz CT molecular complexity index is 754. The standard InChI is InChI=1S/C18H21N3O4/c1-11-4-5-12(17(23)20-13-6-7-13)9-14(11)21-18(24)19-10-15(22)16-3-2-8-25-16/h2-5,8-9,13,15,22H,6-7,10H2,1H3,(H,20,23)(H2,19,21,24). The molecule has 1 saturated carbocycles. The highest BCUT2D eigenvalue weighted by molar-refractivity contribution is 5.97. The first-order valence-electron chi connectivity index (χ1n) is 8.21. The van der Waals surface area contributed by atoms with E-state index in [4.69, 9.17) is 4.42 Å². The summed E-state index contributed by atoms with van der Waals surface area (Å²) in [4.78, 5) is 24.2. The summed E-state index contributed by atoms with van der Waals surface area (Å²) in [6, 6.07) is 8.28. The van der Waals surface area contributed by atoms with Crippen molar-refractivity contribution >= 4 is 17.6 Å². The minimum absolute atomic E-state index is 0.0141. The molecular formula is C18H21N3O4. The zero-order chi connectivity index (χ0) is 17.8. The first-order chi connectivity index (χ1) is 12.0. The molecule has 7 heteroatoms. The lowest BCUT2D eigenvalue weighted by atomic mass is 10.1. The van der Waals surface area contributed by atoms with E-state index < -0.39 is 12.1 Å². The maximum Gasteiger partial charge on any atom is 0.319 e. The van der Waals surface area contributed by atoms with Crippen molar-refractivity contribution in [1.82, 2.24) is 10.6 Å². The summed E-state index contributed by atoms with van der Waals surface area (Å²) in [5, 5.41) is 18.1. The Hall–Kier alpha value is -2.80. The molecule has 132 valence electrons. The smallest absolute Gasteiger partial charge is 0.319 e. The third-order valence-corrected chi connectivity index (χ3v) is 3.99. The Kier molecular flexibility index (Phi) is 5.04. The van der Waals surface area contributed by atoms with Gasteiger partial charge in [-0.3, -0.25) is 4.79 Å². The molecule has 0 bridgehead atoms. The Morgan fingerprint density at radius 1 is 1.32 bits per heavy atom. The van der Waals surface area contributed by atoms with Gasteiger partial charge < -0.3 is 25.5 Å². The number of amides is 3. The van der Waals surface area contributed by atoms with Crippen molar-refractivity contribution in [2.75, 3.05) is 11.9 Å². The number of aliphatic hydroxyl groups is 1. The van der Waals surface area contributed by atoms with Crippen molar-refractivity contribution < 1.29 is 19.1 Å². The van der Waals surface area contributed by atoms with E-state index in [1.165, 1.54) is 6.26 Å². The Morgan fingerprint density at radius 3 is 2.80 bits per heavy atom. The molecule has 2 aromatic rings. The van der Waals surface area contributed by atoms with E-state index in [0.29, 0.717) is 17.0 Å². The number of aryl methyl sites for hydroxylation is 1. The first-order valence-corrected chi connectivity index (χ1v) is 8.21. The summed E-state index contributed by atoms with van der Waals surface area (Å²) < 4.78 is 5.08. The minimum atomic E-state index is -0.919. The van der Waals surface area contributed by atoms with Gasteiger partial charge in [-0.1, -0.05) is 6.07 Å². The molecule has 0 radical (unpaired) electrons. The first kappa shape index (κ1) is 17.0. The monoisotopic (exact) mass is 343 g/mol. The summed E-state index contributed by atoms with van der Waals surface area (Å²) in [6.45, 7) is 1.86. The van der Waals surface area contributed by atoms with Crippen LogP contribution in [-0.4, -0.2) is 29.6 Å². The van der Waals surface area contributed by atoms with Gasteiger partial charge in [-0.05, 0) is 49.6 Å². The van der Waals surface area contributed by atoms with Gasteiger partial charge in [0.2, 0.25) is 0 Å². The summed E-state index contributed by atoms with van der Waals surface area (Å²) >= 11 is 0. The number of anilines is 1. The van der Waals surface area contributed by atoms with E-state index in [9.17, 15) is 14.7 Å². The highest BCUT2D eigenvalue weighted by Gasteiger charge is 2.24. The van der Waals surface area contributed by atoms with Crippen molar-refractivity contribution in [1.29, 1.82) is 0 Å². The number of carbonyl (C=O) groups excluding carboxylic acids is 2. The molecular weight excluding hydrogens is 322 g/mol. The minimum Gasteiger partial charge on any atom is -0.467 e. The van der Waals surface area contributed by atoms with E-state index in [-0.39, 0.29) is 18.5 Å². The Labute approximate surface area is 145 Å². The maximum atomic E-state index is 12.1. The fourth-order valence-electron chi connectivity index (χ4n) is 2.33. The van der Waals surface area contributed by atoms with E-state index in [1.807, 2.05) is 6.92 Å². The number of benzene rings is 1. The number of aliphatic hydroxyl groups excluding tert-OH is 1. The molecule has 3 rings (SSSR count). The molecule has 0 aliphatic heterocycles. The van der Waals surface area contributed by atoms with Crippen LogP contribution < -0.4 is 16.0 Å². The van der Waals surface area contributed by atoms with E-state index in [0.717, 1.165) is 18.4 Å². The average Bonchev–Trinajstić information content (AvgIpc) is 3.23. The van der Waals surface area contributed by atoms with Crippen LogP contribution in [0.5, 0.6) is 0 Å². The summed E-state index contributed by atoms with van der Waals surface area (Å²) in [7, 11) is 0. The lowest BCUT2D eigenvalue weighted by molar-refractivity contribution is 0.0951. The van der Waals surface area contributed by atoms with Crippen molar-refractivity contribution in [3.05, 3.63) is 53.5 Å². The highest BCUT2D eigenvalue weighted by atomic mass is 16.4. The van der Waals surface area contributed by atoms with Crippen LogP contribution in [0.15, 0.2) is 41.0 Å². The van der Waals surface area contributed by atoms with Crippen LogP contribution in [0.1, 0.15) is 40.6 Å². The molecule has 1 fully saturated rings. The quantitative estimate of drug-likeness (QED) is 0.646. The fraction of sp³-hybridized carbons (Fsp3) is 0.333. The fourth-order valence-corrected chi connectivity index (χ4v) is 2.33. The number of nitrogens with one attached hydrogen (secondary N) is 3. The molecule has 1 heterocycles. The normalized spacial score (nSPS) is 14.6. The molecule has 0 saturated heterocycles. The molecule has 1 aliphatic carbocycles. The van der Waals surface area contributed by atoms with Crippen molar-refractivity contribution in [3.63, 3.8) is 0 Å². The second-order valence-electron chi connectivity index (χ2n) is 6.14. The van der Waals surface area contributed by atoms with Gasteiger partial charge in [-0.15, -0.1) is 0 Å². The van der Waals surface area contributed by atoms with Gasteiger partial charge in [0.05, 0.1) is 12.8 Å². The van der Waals surface area contributed by atoms with Crippen LogP contribution in [0, 0.1) is 6.92 Å². The third-order valence-electron chi connectivity index (χ3n) is 3.99. The number of hydrogen-bond acceptors (Lipinski definition) is 4. The number of rotatable bonds is 6. The summed E-state index contributed by atoms with van der Waals surface area (Å²) in [6.07, 6.45) is 2.57. The van der Waals surface area contributed by atoms with E-state index in [1.54, 1.807) is 30.3 Å². The number of carbonyl (C=O) groups is 2. The second-order valence-corrected chi connectivity index (χ2v) is 6.14. The summed E-state index contributed by atoms with van der Waals surface area (Å²) in [5.41, 5.74) is 1.89. The van der Waals surface area contributed by atoms with Crippen LogP contribution >= 0.6 is 0 Å². The third kappa shape index (κ3) is 4.60. The molecule has 25 heavy (non-hydrogen) atoms. The molecule has 0 spiro atoms. The lowest BCUT2D eigenvalue weighted by Gasteiger charge is -2.13. The largest absolute Gasteiger partial charge is 0.467 e. The Morgan fingerprint density at radius 2 is 2.12 bits per heavy atom. The van der Waals surface area contributed by atoms with Gasteiger partial charge in [0.1, 0.15) is 11.9 Å². The average molecular weight is 343 g/mol. The molecule has 1 atom stereocenters. The Balaban J connectivity index is 1.57. The van der Waals surface area contributed by atoms with Crippen molar-refractivity contribution in [3.8, 4) is 0 Å². The van der Waals surface area contributed by atoms with E-state index in [2.05, 4.69) is 16.0 Å². The van der Waals surface area contributed by atoms with Gasteiger partial charge in [0.25, 0.3) is 5.91 Å². The van der Waals surface area contributed by atoms with Crippen LogP contribution in [0.4, 0.5) is 10.5 Å². The molecule has 4 N–H and O–H groups in total. The van der Waals surface area contributed by atoms with Crippen LogP contribution in [0.3, 0.4) is 0 Å². The molecule has 1 aliphatic rings. The van der Waals surface area contributed by atoms with Gasteiger partial charge in [-0.2, -0.15) is 0 Å². The molecule has 1 aromatic heterocycles. The summed E-state index contributed by atoms with van der Waals surface area (Å²) in [5.74, 6) is 0.245. The van der Waals surface area contributed by atoms with Crippen molar-refractivity contribution in [2.45, 2.75) is 31.9 Å². The number of hydrogen-bond donors (Lipinski definition) is 4. The van der Waals surface area contributed by atoms with Crippen LogP contribution in [0.2, 0.25) is 0 Å². The second kappa shape index (κ2) is 7.40. The van der Waals surface area contributed by atoms with Gasteiger partial charge in [-0.25, -0.2) is 4.79 Å². The van der Waals surface area contributed by atoms with Gasteiger partial charge in [0.15, 0.2) is 0 Å². The molecule has 3 amide bonds. The number of furan rings is 1.